The highest BCUT2D eigenvalue weighted by Gasteiger charge is 2.23. The van der Waals surface area contributed by atoms with Gasteiger partial charge in [0.1, 0.15) is 28.7 Å². The molecule has 0 aliphatic heterocycles. The zero-order chi connectivity index (χ0) is 14.8. The van der Waals surface area contributed by atoms with Crippen LogP contribution in [-0.4, -0.2) is 30.1 Å². The van der Waals surface area contributed by atoms with Crippen LogP contribution in [0.4, 0.5) is 8.78 Å². The predicted octanol–water partition coefficient (Wildman–Crippen LogP) is 1.37. The summed E-state index contributed by atoms with van der Waals surface area (Å²) in [7, 11) is -4.09. The van der Waals surface area contributed by atoms with E-state index >= 15 is 0 Å². The standard InChI is InChI=1S/C10H9BrF2N4O2S/c11-7-3-6(12)4-8(13)10(7)20(18,19)16-2-1-9-14-5-15-17-9/h3-5,16H,1-2H2,(H,14,15,17). The number of hydrogen-bond acceptors (Lipinski definition) is 4. The summed E-state index contributed by atoms with van der Waals surface area (Å²) >= 11 is 2.84. The van der Waals surface area contributed by atoms with Crippen LogP contribution in [0.25, 0.3) is 0 Å². The summed E-state index contributed by atoms with van der Waals surface area (Å²) in [6.45, 7) is 0.000777. The van der Waals surface area contributed by atoms with Gasteiger partial charge in [0.15, 0.2) is 0 Å². The van der Waals surface area contributed by atoms with E-state index in [1.807, 2.05) is 0 Å². The van der Waals surface area contributed by atoms with Crippen LogP contribution in [0.15, 0.2) is 27.8 Å². The number of hydrogen-bond donors (Lipinski definition) is 2. The molecule has 2 N–H and O–H groups in total. The van der Waals surface area contributed by atoms with E-state index in [0.29, 0.717) is 11.9 Å². The van der Waals surface area contributed by atoms with Crippen molar-refractivity contribution in [2.24, 2.45) is 0 Å². The van der Waals surface area contributed by atoms with Gasteiger partial charge >= 0.3 is 0 Å². The van der Waals surface area contributed by atoms with Gasteiger partial charge in [0.25, 0.3) is 0 Å². The number of aromatic nitrogens is 3. The lowest BCUT2D eigenvalue weighted by atomic mass is 10.3. The minimum absolute atomic E-state index is 0.000777. The van der Waals surface area contributed by atoms with Gasteiger partial charge in [-0.15, -0.1) is 0 Å². The number of benzene rings is 1. The number of nitrogens with one attached hydrogen (secondary N) is 2. The van der Waals surface area contributed by atoms with Gasteiger partial charge < -0.3 is 0 Å². The van der Waals surface area contributed by atoms with Crippen molar-refractivity contribution in [2.45, 2.75) is 11.3 Å². The molecule has 0 aliphatic rings. The average molecular weight is 367 g/mol. The van der Waals surface area contributed by atoms with Crippen LogP contribution in [0.3, 0.4) is 0 Å². The topological polar surface area (TPSA) is 87.7 Å². The quantitative estimate of drug-likeness (QED) is 0.836. The molecule has 10 heteroatoms. The zero-order valence-electron chi connectivity index (χ0n) is 9.90. The summed E-state index contributed by atoms with van der Waals surface area (Å²) in [4.78, 5) is 3.19. The van der Waals surface area contributed by atoms with Gasteiger partial charge in [-0.3, -0.25) is 5.10 Å². The minimum atomic E-state index is -4.09. The Balaban J connectivity index is 2.14. The summed E-state index contributed by atoms with van der Waals surface area (Å²) in [6.07, 6.45) is 1.56. The summed E-state index contributed by atoms with van der Waals surface area (Å²) in [6, 6.07) is 1.39. The Morgan fingerprint density at radius 3 is 2.70 bits per heavy atom. The van der Waals surface area contributed by atoms with Crippen molar-refractivity contribution >= 4 is 26.0 Å². The third-order valence-corrected chi connectivity index (χ3v) is 4.77. The Kier molecular flexibility index (Phi) is 4.45. The lowest BCUT2D eigenvalue weighted by Gasteiger charge is -2.09. The molecule has 2 aromatic rings. The van der Waals surface area contributed by atoms with Crippen molar-refractivity contribution in [3.63, 3.8) is 0 Å². The Labute approximate surface area is 121 Å². The molecule has 0 bridgehead atoms. The summed E-state index contributed by atoms with van der Waals surface area (Å²) < 4.78 is 52.5. The highest BCUT2D eigenvalue weighted by atomic mass is 79.9. The molecule has 0 spiro atoms. The summed E-state index contributed by atoms with van der Waals surface area (Å²) in [5.74, 6) is -1.54. The second kappa shape index (κ2) is 5.94. The van der Waals surface area contributed by atoms with Crippen molar-refractivity contribution in [3.05, 3.63) is 40.4 Å². The highest BCUT2D eigenvalue weighted by molar-refractivity contribution is 9.10. The monoisotopic (exact) mass is 366 g/mol. The number of halogens is 3. The predicted molar refractivity (Wildman–Crippen MR) is 69.3 cm³/mol. The molecule has 0 unspecified atom stereocenters. The molecular formula is C10H9BrF2N4O2S. The first-order valence-corrected chi connectivity index (χ1v) is 7.66. The van der Waals surface area contributed by atoms with Crippen molar-refractivity contribution in [1.29, 1.82) is 0 Å². The SMILES string of the molecule is O=S(=O)(NCCc1ncn[nH]1)c1c(F)cc(F)cc1Br. The molecular weight excluding hydrogens is 358 g/mol. The van der Waals surface area contributed by atoms with Crippen LogP contribution in [0.1, 0.15) is 5.82 Å². The second-order valence-corrected chi connectivity index (χ2v) is 6.34. The average Bonchev–Trinajstić information content (AvgIpc) is 2.79. The van der Waals surface area contributed by atoms with Gasteiger partial charge in [-0.1, -0.05) is 0 Å². The Bertz CT molecular complexity index is 683. The van der Waals surface area contributed by atoms with E-state index in [0.717, 1.165) is 6.07 Å². The van der Waals surface area contributed by atoms with Gasteiger partial charge in [0.2, 0.25) is 10.0 Å². The van der Waals surface area contributed by atoms with Gasteiger partial charge in [-0.2, -0.15) is 5.10 Å². The van der Waals surface area contributed by atoms with Crippen LogP contribution in [-0.2, 0) is 16.4 Å². The molecule has 0 atom stereocenters. The fraction of sp³-hybridized carbons (Fsp3) is 0.200. The molecule has 0 fully saturated rings. The lowest BCUT2D eigenvalue weighted by molar-refractivity contribution is 0.540. The number of nitrogens with zero attached hydrogens (tertiary/aromatic N) is 2. The van der Waals surface area contributed by atoms with Gasteiger partial charge in [0, 0.05) is 23.5 Å². The van der Waals surface area contributed by atoms with E-state index in [1.165, 1.54) is 6.33 Å². The van der Waals surface area contributed by atoms with Crippen LogP contribution in [0.2, 0.25) is 0 Å². The van der Waals surface area contributed by atoms with Gasteiger partial charge in [-0.25, -0.2) is 26.9 Å². The first kappa shape index (κ1) is 15.0. The van der Waals surface area contributed by atoms with Crippen molar-refractivity contribution in [3.8, 4) is 0 Å². The van der Waals surface area contributed by atoms with Crippen LogP contribution < -0.4 is 4.72 Å². The van der Waals surface area contributed by atoms with Crippen LogP contribution in [0, 0.1) is 11.6 Å². The maximum absolute atomic E-state index is 13.6. The molecule has 0 aliphatic carbocycles. The Morgan fingerprint density at radius 2 is 2.10 bits per heavy atom. The molecule has 6 nitrogen and oxygen atoms in total. The van der Waals surface area contributed by atoms with E-state index in [-0.39, 0.29) is 17.4 Å². The van der Waals surface area contributed by atoms with Crippen molar-refractivity contribution < 1.29 is 17.2 Å². The van der Waals surface area contributed by atoms with E-state index in [2.05, 4.69) is 35.8 Å². The van der Waals surface area contributed by atoms with Crippen molar-refractivity contribution in [2.75, 3.05) is 6.54 Å². The largest absolute Gasteiger partial charge is 0.263 e. The molecule has 1 aromatic carbocycles. The van der Waals surface area contributed by atoms with Crippen molar-refractivity contribution in [1.82, 2.24) is 19.9 Å². The smallest absolute Gasteiger partial charge is 0.244 e. The van der Waals surface area contributed by atoms with E-state index in [4.69, 9.17) is 0 Å². The fourth-order valence-electron chi connectivity index (χ4n) is 1.51. The maximum atomic E-state index is 13.6. The van der Waals surface area contributed by atoms with Gasteiger partial charge in [-0.05, 0) is 22.0 Å². The highest BCUT2D eigenvalue weighted by Crippen LogP contribution is 2.25. The first-order chi connectivity index (χ1) is 9.40. The Hall–Kier alpha value is -1.39. The number of rotatable bonds is 5. The summed E-state index contributed by atoms with van der Waals surface area (Å²) in [5, 5.41) is 6.18. The second-order valence-electron chi connectivity index (χ2n) is 3.78. The van der Waals surface area contributed by atoms with Crippen LogP contribution in [0.5, 0.6) is 0 Å². The Morgan fingerprint density at radius 1 is 1.35 bits per heavy atom. The van der Waals surface area contributed by atoms with E-state index in [1.54, 1.807) is 0 Å². The number of H-pyrrole nitrogens is 1. The molecule has 20 heavy (non-hydrogen) atoms. The minimum Gasteiger partial charge on any atom is -0.263 e. The molecule has 0 saturated carbocycles. The lowest BCUT2D eigenvalue weighted by Crippen LogP contribution is -2.27. The fourth-order valence-corrected chi connectivity index (χ4v) is 3.71. The molecule has 0 radical (unpaired) electrons. The molecule has 0 saturated heterocycles. The first-order valence-electron chi connectivity index (χ1n) is 5.38. The third kappa shape index (κ3) is 3.38. The number of sulfonamides is 1. The molecule has 0 amide bonds. The van der Waals surface area contributed by atoms with E-state index in [9.17, 15) is 17.2 Å². The number of aromatic amines is 1. The zero-order valence-corrected chi connectivity index (χ0v) is 12.3. The summed E-state index contributed by atoms with van der Waals surface area (Å²) in [5.41, 5.74) is 0. The molecule has 108 valence electrons. The molecule has 1 aromatic heterocycles. The normalized spacial score (nSPS) is 11.8. The maximum Gasteiger partial charge on any atom is 0.244 e. The van der Waals surface area contributed by atoms with Crippen LogP contribution >= 0.6 is 15.9 Å². The third-order valence-electron chi connectivity index (χ3n) is 2.35. The van der Waals surface area contributed by atoms with Gasteiger partial charge in [0.05, 0.1) is 0 Å². The van der Waals surface area contributed by atoms with E-state index < -0.39 is 26.6 Å². The molecule has 1 heterocycles. The molecule has 2 rings (SSSR count).